The van der Waals surface area contributed by atoms with Gasteiger partial charge in [-0.05, 0) is 25.5 Å². The van der Waals surface area contributed by atoms with E-state index < -0.39 is 0 Å². The summed E-state index contributed by atoms with van der Waals surface area (Å²) in [5.41, 5.74) is 1.36. The molecule has 3 heterocycles. The van der Waals surface area contributed by atoms with Crippen molar-refractivity contribution in [2.45, 2.75) is 26.7 Å². The van der Waals surface area contributed by atoms with E-state index in [0.29, 0.717) is 36.9 Å². The number of hydrogen-bond acceptors (Lipinski definition) is 7. The summed E-state index contributed by atoms with van der Waals surface area (Å²) in [7, 11) is 0. The van der Waals surface area contributed by atoms with E-state index in [9.17, 15) is 4.79 Å². The number of anilines is 1. The number of aromatic nitrogens is 5. The van der Waals surface area contributed by atoms with Gasteiger partial charge in [0.2, 0.25) is 5.89 Å². The molecule has 0 saturated carbocycles. The fourth-order valence-electron chi connectivity index (χ4n) is 2.20. The highest BCUT2D eigenvalue weighted by molar-refractivity contribution is 5.55. The third kappa shape index (κ3) is 3.83. The summed E-state index contributed by atoms with van der Waals surface area (Å²) < 4.78 is 5.05. The molecule has 124 valence electrons. The molecule has 0 aliphatic heterocycles. The standard InChI is InChI=1S/C16H18N6O2/c1-3-12-8-14(23)21-16(20-12)11-4-5-13(18-9-11)17-7-6-15-19-10(2)22-24-15/h4-5,8-9H,3,6-7H2,1-2H3,(H,17,18)(H,20,21,23). The smallest absolute Gasteiger partial charge is 0.251 e. The number of aryl methyl sites for hydroxylation is 2. The van der Waals surface area contributed by atoms with Crippen LogP contribution in [0.3, 0.4) is 0 Å². The number of aromatic amines is 1. The summed E-state index contributed by atoms with van der Waals surface area (Å²) in [6.07, 6.45) is 3.01. The first kappa shape index (κ1) is 15.9. The van der Waals surface area contributed by atoms with Crippen molar-refractivity contribution in [3.63, 3.8) is 0 Å². The topological polar surface area (TPSA) is 110 Å². The van der Waals surface area contributed by atoms with Crippen molar-refractivity contribution >= 4 is 5.82 Å². The van der Waals surface area contributed by atoms with Crippen molar-refractivity contribution in [1.29, 1.82) is 0 Å². The molecule has 3 aromatic heterocycles. The molecule has 0 aromatic carbocycles. The van der Waals surface area contributed by atoms with Gasteiger partial charge in [0.1, 0.15) is 11.6 Å². The van der Waals surface area contributed by atoms with Crippen LogP contribution >= 0.6 is 0 Å². The number of rotatable bonds is 6. The average Bonchev–Trinajstić information content (AvgIpc) is 3.00. The van der Waals surface area contributed by atoms with Crippen LogP contribution in [0.15, 0.2) is 33.7 Å². The molecule has 2 N–H and O–H groups in total. The molecule has 8 nitrogen and oxygen atoms in total. The van der Waals surface area contributed by atoms with E-state index in [4.69, 9.17) is 4.52 Å². The van der Waals surface area contributed by atoms with Gasteiger partial charge >= 0.3 is 0 Å². The second kappa shape index (κ2) is 7.03. The first-order valence-corrected chi connectivity index (χ1v) is 7.74. The van der Waals surface area contributed by atoms with Crippen molar-refractivity contribution in [3.8, 4) is 11.4 Å². The number of nitrogens with one attached hydrogen (secondary N) is 2. The minimum atomic E-state index is -0.158. The number of hydrogen-bond donors (Lipinski definition) is 2. The Kier molecular flexibility index (Phi) is 4.64. The molecule has 0 aliphatic rings. The summed E-state index contributed by atoms with van der Waals surface area (Å²) in [5.74, 6) is 2.47. The zero-order chi connectivity index (χ0) is 16.9. The van der Waals surface area contributed by atoms with Crippen molar-refractivity contribution in [2.75, 3.05) is 11.9 Å². The second-order valence-electron chi connectivity index (χ2n) is 5.28. The average molecular weight is 326 g/mol. The highest BCUT2D eigenvalue weighted by Crippen LogP contribution is 2.15. The van der Waals surface area contributed by atoms with Gasteiger partial charge in [-0.3, -0.25) is 4.79 Å². The van der Waals surface area contributed by atoms with Gasteiger partial charge in [0.05, 0.1) is 0 Å². The van der Waals surface area contributed by atoms with Gasteiger partial charge < -0.3 is 14.8 Å². The lowest BCUT2D eigenvalue weighted by Crippen LogP contribution is -2.10. The van der Waals surface area contributed by atoms with Crippen LogP contribution in [-0.4, -0.2) is 31.6 Å². The molecule has 0 saturated heterocycles. The SMILES string of the molecule is CCc1cc(=O)[nH]c(-c2ccc(NCCc3nc(C)no3)nc2)n1. The molecule has 0 atom stereocenters. The molecule has 0 fully saturated rings. The fourth-order valence-corrected chi connectivity index (χ4v) is 2.20. The van der Waals surface area contributed by atoms with Crippen LogP contribution in [0.25, 0.3) is 11.4 Å². The largest absolute Gasteiger partial charge is 0.370 e. The molecule has 0 aliphatic carbocycles. The number of pyridine rings is 1. The third-order valence-electron chi connectivity index (χ3n) is 3.41. The minimum Gasteiger partial charge on any atom is -0.370 e. The van der Waals surface area contributed by atoms with Crippen molar-refractivity contribution in [2.24, 2.45) is 0 Å². The molecule has 3 aromatic rings. The van der Waals surface area contributed by atoms with Gasteiger partial charge in [-0.15, -0.1) is 0 Å². The molecule has 0 bridgehead atoms. The van der Waals surface area contributed by atoms with Crippen molar-refractivity contribution < 1.29 is 4.52 Å². The quantitative estimate of drug-likeness (QED) is 0.710. The van der Waals surface area contributed by atoms with E-state index in [0.717, 1.165) is 17.1 Å². The Labute approximate surface area is 138 Å². The molecule has 0 spiro atoms. The Morgan fingerprint density at radius 1 is 1.29 bits per heavy atom. The van der Waals surface area contributed by atoms with Gasteiger partial charge in [-0.25, -0.2) is 9.97 Å². The molecular weight excluding hydrogens is 308 g/mol. The highest BCUT2D eigenvalue weighted by Gasteiger charge is 2.05. The van der Waals surface area contributed by atoms with E-state index in [-0.39, 0.29) is 5.56 Å². The Balaban J connectivity index is 1.65. The van der Waals surface area contributed by atoms with Gasteiger partial charge in [0.25, 0.3) is 5.56 Å². The first-order chi connectivity index (χ1) is 11.6. The summed E-state index contributed by atoms with van der Waals surface area (Å²) in [5, 5.41) is 6.93. The van der Waals surface area contributed by atoms with Gasteiger partial charge in [-0.1, -0.05) is 12.1 Å². The molecular formula is C16H18N6O2. The maximum absolute atomic E-state index is 11.6. The van der Waals surface area contributed by atoms with Crippen LogP contribution in [0.5, 0.6) is 0 Å². The Hall–Kier alpha value is -3.03. The van der Waals surface area contributed by atoms with E-state index in [1.807, 2.05) is 19.1 Å². The zero-order valence-corrected chi connectivity index (χ0v) is 13.5. The Bertz CT molecular complexity index is 869. The molecule has 8 heteroatoms. The predicted octanol–water partition coefficient (Wildman–Crippen LogP) is 1.74. The highest BCUT2D eigenvalue weighted by atomic mass is 16.5. The van der Waals surface area contributed by atoms with E-state index in [1.165, 1.54) is 6.07 Å². The molecule has 0 amide bonds. The van der Waals surface area contributed by atoms with Gasteiger partial charge in [-0.2, -0.15) is 4.98 Å². The summed E-state index contributed by atoms with van der Waals surface area (Å²) in [4.78, 5) is 27.3. The third-order valence-corrected chi connectivity index (χ3v) is 3.41. The van der Waals surface area contributed by atoms with E-state index >= 15 is 0 Å². The monoisotopic (exact) mass is 326 g/mol. The molecule has 24 heavy (non-hydrogen) atoms. The molecule has 3 rings (SSSR count). The minimum absolute atomic E-state index is 0.158. The van der Waals surface area contributed by atoms with E-state index in [2.05, 4.69) is 30.4 Å². The molecule has 0 unspecified atom stereocenters. The summed E-state index contributed by atoms with van der Waals surface area (Å²) in [6.45, 7) is 4.38. The second-order valence-corrected chi connectivity index (χ2v) is 5.28. The fraction of sp³-hybridized carbons (Fsp3) is 0.312. The van der Waals surface area contributed by atoms with Crippen LogP contribution in [0.4, 0.5) is 5.82 Å². The van der Waals surface area contributed by atoms with Crippen molar-refractivity contribution in [3.05, 3.63) is 52.2 Å². The van der Waals surface area contributed by atoms with Crippen LogP contribution < -0.4 is 10.9 Å². The van der Waals surface area contributed by atoms with Gasteiger partial charge in [0.15, 0.2) is 5.82 Å². The van der Waals surface area contributed by atoms with Crippen LogP contribution in [0.2, 0.25) is 0 Å². The summed E-state index contributed by atoms with van der Waals surface area (Å²) in [6, 6.07) is 5.21. The van der Waals surface area contributed by atoms with Crippen molar-refractivity contribution in [1.82, 2.24) is 25.1 Å². The Morgan fingerprint density at radius 3 is 2.83 bits per heavy atom. The first-order valence-electron chi connectivity index (χ1n) is 7.74. The number of H-pyrrole nitrogens is 1. The lowest BCUT2D eigenvalue weighted by molar-refractivity contribution is 0.377. The van der Waals surface area contributed by atoms with Crippen LogP contribution in [0, 0.1) is 6.92 Å². The van der Waals surface area contributed by atoms with Crippen LogP contribution in [0.1, 0.15) is 24.3 Å². The molecule has 0 radical (unpaired) electrons. The Morgan fingerprint density at radius 2 is 2.17 bits per heavy atom. The zero-order valence-electron chi connectivity index (χ0n) is 13.5. The van der Waals surface area contributed by atoms with E-state index in [1.54, 1.807) is 13.1 Å². The summed E-state index contributed by atoms with van der Waals surface area (Å²) >= 11 is 0. The maximum atomic E-state index is 11.6. The normalized spacial score (nSPS) is 10.8. The predicted molar refractivity (Wildman–Crippen MR) is 88.7 cm³/mol. The lowest BCUT2D eigenvalue weighted by Gasteiger charge is -2.06. The van der Waals surface area contributed by atoms with Gasteiger partial charge in [0, 0.05) is 36.5 Å². The van der Waals surface area contributed by atoms with Crippen LogP contribution in [-0.2, 0) is 12.8 Å². The lowest BCUT2D eigenvalue weighted by atomic mass is 10.2. The number of nitrogens with zero attached hydrogens (tertiary/aromatic N) is 4. The maximum Gasteiger partial charge on any atom is 0.251 e.